The molecule has 2 aromatic carbocycles. The molecule has 0 unspecified atom stereocenters. The van der Waals surface area contributed by atoms with Crippen molar-refractivity contribution in [1.29, 1.82) is 0 Å². The molecule has 0 spiro atoms. The summed E-state index contributed by atoms with van der Waals surface area (Å²) in [6, 6.07) is 19.8. The van der Waals surface area contributed by atoms with Gasteiger partial charge in [-0.15, -0.1) is 0 Å². The van der Waals surface area contributed by atoms with Crippen molar-refractivity contribution in [2.45, 2.75) is 13.1 Å². The summed E-state index contributed by atoms with van der Waals surface area (Å²) in [5, 5.41) is 0. The quantitative estimate of drug-likeness (QED) is 0.760. The van der Waals surface area contributed by atoms with Crippen LogP contribution in [0.5, 0.6) is 0 Å². The molecule has 0 aliphatic rings. The minimum Gasteiger partial charge on any atom is -0.357 e. The van der Waals surface area contributed by atoms with Gasteiger partial charge in [0.05, 0.1) is 0 Å². The molecule has 0 aliphatic heterocycles. The average Bonchev–Trinajstić information content (AvgIpc) is 2.56. The Labute approximate surface area is 133 Å². The summed E-state index contributed by atoms with van der Waals surface area (Å²) in [4.78, 5) is 30.2. The molecule has 116 valence electrons. The van der Waals surface area contributed by atoms with Crippen LogP contribution in [0.25, 0.3) is 0 Å². The molecule has 0 radical (unpaired) electrons. The minimum atomic E-state index is -0.502. The Balaban J connectivity index is 1.95. The molecule has 0 bridgehead atoms. The van der Waals surface area contributed by atoms with E-state index in [-0.39, 0.29) is 5.56 Å². The molecule has 3 aromatic rings. The number of hydrogen-bond donors (Lipinski definition) is 2. The van der Waals surface area contributed by atoms with Gasteiger partial charge >= 0.3 is 5.69 Å². The fourth-order valence-electron chi connectivity index (χ4n) is 2.47. The van der Waals surface area contributed by atoms with Crippen LogP contribution in [0.4, 0.5) is 5.69 Å². The number of aromatic amines is 2. The SMILES string of the molecule is O=c1[nH]cc(N(Cc2ccccc2)Cc2ccccc2)c(=O)[nH]1. The van der Waals surface area contributed by atoms with Gasteiger partial charge in [0, 0.05) is 19.3 Å². The first kappa shape index (κ1) is 14.8. The van der Waals surface area contributed by atoms with Crippen molar-refractivity contribution in [3.8, 4) is 0 Å². The first-order valence-corrected chi connectivity index (χ1v) is 7.37. The number of benzene rings is 2. The Hall–Kier alpha value is -3.08. The molecule has 0 amide bonds. The maximum absolute atomic E-state index is 12.1. The molecule has 0 fully saturated rings. The van der Waals surface area contributed by atoms with Crippen molar-refractivity contribution >= 4 is 5.69 Å². The fourth-order valence-corrected chi connectivity index (χ4v) is 2.47. The Morgan fingerprint density at radius 1 is 0.783 bits per heavy atom. The van der Waals surface area contributed by atoms with Crippen molar-refractivity contribution in [1.82, 2.24) is 9.97 Å². The summed E-state index contributed by atoms with van der Waals surface area (Å²) < 4.78 is 0. The predicted octanol–water partition coefficient (Wildman–Crippen LogP) is 2.27. The molecule has 1 heterocycles. The van der Waals surface area contributed by atoms with Gasteiger partial charge in [0.2, 0.25) is 0 Å². The molecule has 0 atom stereocenters. The van der Waals surface area contributed by atoms with Crippen LogP contribution < -0.4 is 16.1 Å². The summed E-state index contributed by atoms with van der Waals surface area (Å²) in [6.45, 7) is 1.15. The van der Waals surface area contributed by atoms with Crippen LogP contribution in [-0.2, 0) is 13.1 Å². The summed E-state index contributed by atoms with van der Waals surface area (Å²) >= 11 is 0. The van der Waals surface area contributed by atoms with Crippen molar-refractivity contribution in [3.63, 3.8) is 0 Å². The monoisotopic (exact) mass is 307 g/mol. The van der Waals surface area contributed by atoms with Gasteiger partial charge < -0.3 is 9.88 Å². The standard InChI is InChI=1S/C18H17N3O2/c22-17-16(11-19-18(23)20-17)21(12-14-7-3-1-4-8-14)13-15-9-5-2-6-10-15/h1-11H,12-13H2,(H2,19,20,22,23). The summed E-state index contributed by atoms with van der Waals surface area (Å²) in [7, 11) is 0. The second-order valence-electron chi connectivity index (χ2n) is 5.28. The van der Waals surface area contributed by atoms with Gasteiger partial charge in [0.15, 0.2) is 0 Å². The van der Waals surface area contributed by atoms with Gasteiger partial charge in [-0.1, -0.05) is 60.7 Å². The van der Waals surface area contributed by atoms with Crippen LogP contribution in [0.3, 0.4) is 0 Å². The number of aromatic nitrogens is 2. The number of nitrogens with zero attached hydrogens (tertiary/aromatic N) is 1. The topological polar surface area (TPSA) is 69.0 Å². The van der Waals surface area contributed by atoms with Gasteiger partial charge in [-0.2, -0.15) is 0 Å². The summed E-state index contributed by atoms with van der Waals surface area (Å²) in [5.74, 6) is 0. The van der Waals surface area contributed by atoms with Crippen LogP contribution >= 0.6 is 0 Å². The highest BCUT2D eigenvalue weighted by atomic mass is 16.2. The van der Waals surface area contributed by atoms with E-state index in [4.69, 9.17) is 0 Å². The molecule has 23 heavy (non-hydrogen) atoms. The molecule has 0 aliphatic carbocycles. The first-order valence-electron chi connectivity index (χ1n) is 7.37. The predicted molar refractivity (Wildman–Crippen MR) is 90.5 cm³/mol. The zero-order valence-electron chi connectivity index (χ0n) is 12.5. The van der Waals surface area contributed by atoms with Crippen molar-refractivity contribution in [2.75, 3.05) is 4.90 Å². The smallest absolute Gasteiger partial charge is 0.325 e. The molecule has 0 saturated heterocycles. The van der Waals surface area contributed by atoms with Gasteiger partial charge in [-0.3, -0.25) is 9.78 Å². The van der Waals surface area contributed by atoms with Crippen LogP contribution in [-0.4, -0.2) is 9.97 Å². The van der Waals surface area contributed by atoms with Gasteiger partial charge in [0.1, 0.15) is 5.69 Å². The summed E-state index contributed by atoms with van der Waals surface area (Å²) in [5.41, 5.74) is 1.74. The zero-order valence-corrected chi connectivity index (χ0v) is 12.5. The molecular weight excluding hydrogens is 290 g/mol. The van der Waals surface area contributed by atoms with Gasteiger partial charge in [-0.05, 0) is 11.1 Å². The zero-order chi connectivity index (χ0) is 16.1. The largest absolute Gasteiger partial charge is 0.357 e. The van der Waals surface area contributed by atoms with Crippen molar-refractivity contribution in [2.24, 2.45) is 0 Å². The van der Waals surface area contributed by atoms with E-state index in [1.807, 2.05) is 65.6 Å². The lowest BCUT2D eigenvalue weighted by atomic mass is 10.1. The van der Waals surface area contributed by atoms with E-state index in [9.17, 15) is 9.59 Å². The lowest BCUT2D eigenvalue weighted by molar-refractivity contribution is 0.784. The Morgan fingerprint density at radius 2 is 1.30 bits per heavy atom. The van der Waals surface area contributed by atoms with E-state index < -0.39 is 5.69 Å². The van der Waals surface area contributed by atoms with Gasteiger partial charge in [0.25, 0.3) is 5.56 Å². The van der Waals surface area contributed by atoms with Crippen LogP contribution in [0, 0.1) is 0 Å². The minimum absolute atomic E-state index is 0.388. The molecule has 2 N–H and O–H groups in total. The Morgan fingerprint density at radius 3 is 1.78 bits per heavy atom. The number of anilines is 1. The normalized spacial score (nSPS) is 10.4. The fraction of sp³-hybridized carbons (Fsp3) is 0.111. The number of H-pyrrole nitrogens is 2. The highest BCUT2D eigenvalue weighted by molar-refractivity contribution is 5.43. The van der Waals surface area contributed by atoms with E-state index in [1.165, 1.54) is 6.20 Å². The highest BCUT2D eigenvalue weighted by Crippen LogP contribution is 2.15. The highest BCUT2D eigenvalue weighted by Gasteiger charge is 2.12. The number of nitrogens with one attached hydrogen (secondary N) is 2. The van der Waals surface area contributed by atoms with Gasteiger partial charge in [-0.25, -0.2) is 4.79 Å². The molecule has 0 saturated carbocycles. The second-order valence-corrected chi connectivity index (χ2v) is 5.28. The summed E-state index contributed by atoms with van der Waals surface area (Å²) in [6.07, 6.45) is 1.47. The van der Waals surface area contributed by atoms with Crippen LogP contribution in [0.1, 0.15) is 11.1 Å². The van der Waals surface area contributed by atoms with E-state index in [0.29, 0.717) is 18.8 Å². The number of hydrogen-bond acceptors (Lipinski definition) is 3. The molecular formula is C18H17N3O2. The van der Waals surface area contributed by atoms with E-state index in [0.717, 1.165) is 11.1 Å². The third-order valence-corrected chi connectivity index (χ3v) is 3.57. The molecule has 5 heteroatoms. The molecule has 3 rings (SSSR count). The van der Waals surface area contributed by atoms with Crippen molar-refractivity contribution < 1.29 is 0 Å². The third kappa shape index (κ3) is 3.77. The average molecular weight is 307 g/mol. The second kappa shape index (κ2) is 6.79. The Kier molecular flexibility index (Phi) is 4.38. The number of rotatable bonds is 5. The lowest BCUT2D eigenvalue weighted by Crippen LogP contribution is -2.32. The van der Waals surface area contributed by atoms with E-state index in [2.05, 4.69) is 9.97 Å². The Bertz CT molecular complexity index is 828. The first-order chi connectivity index (χ1) is 11.2. The molecule has 5 nitrogen and oxygen atoms in total. The van der Waals surface area contributed by atoms with Crippen molar-refractivity contribution in [3.05, 3.63) is 98.8 Å². The lowest BCUT2D eigenvalue weighted by Gasteiger charge is -2.24. The van der Waals surface area contributed by atoms with Crippen LogP contribution in [0.15, 0.2) is 76.4 Å². The van der Waals surface area contributed by atoms with Crippen LogP contribution in [0.2, 0.25) is 0 Å². The maximum Gasteiger partial charge on any atom is 0.325 e. The third-order valence-electron chi connectivity index (χ3n) is 3.57. The van der Waals surface area contributed by atoms with E-state index >= 15 is 0 Å². The van der Waals surface area contributed by atoms with E-state index in [1.54, 1.807) is 0 Å². The maximum atomic E-state index is 12.1. The molecule has 1 aromatic heterocycles.